The summed E-state index contributed by atoms with van der Waals surface area (Å²) in [6.45, 7) is -1.04. The lowest BCUT2D eigenvalue weighted by Gasteiger charge is -2.20. The van der Waals surface area contributed by atoms with Crippen molar-refractivity contribution < 1.29 is 29.4 Å². The quantitative estimate of drug-likeness (QED) is 0.199. The predicted octanol–water partition coefficient (Wildman–Crippen LogP) is -2.35. The van der Waals surface area contributed by atoms with Gasteiger partial charge in [0.1, 0.15) is 18.1 Å². The second-order valence-electron chi connectivity index (χ2n) is 5.90. The average molecular weight is 412 g/mol. The molecular formula is C17H24N4O6S. The molecule has 1 aromatic rings. The number of carboxylic acids is 1. The van der Waals surface area contributed by atoms with Gasteiger partial charge in [0.05, 0.1) is 13.2 Å². The zero-order valence-electron chi connectivity index (χ0n) is 15.0. The summed E-state index contributed by atoms with van der Waals surface area (Å²) < 4.78 is 0. The van der Waals surface area contributed by atoms with Crippen LogP contribution in [-0.4, -0.2) is 70.9 Å². The maximum Gasteiger partial charge on any atom is 0.326 e. The van der Waals surface area contributed by atoms with E-state index in [1.165, 1.54) is 0 Å². The van der Waals surface area contributed by atoms with Crippen LogP contribution in [0.5, 0.6) is 0 Å². The number of carbonyl (C=O) groups excluding carboxylic acids is 3. The highest BCUT2D eigenvalue weighted by molar-refractivity contribution is 7.80. The number of nitrogens with two attached hydrogens (primary N) is 1. The summed E-state index contributed by atoms with van der Waals surface area (Å²) in [6.07, 6.45) is 0.0737. The zero-order valence-corrected chi connectivity index (χ0v) is 15.9. The number of hydrogen-bond acceptors (Lipinski definition) is 7. The molecule has 3 amide bonds. The molecule has 0 radical (unpaired) electrons. The molecule has 0 saturated carbocycles. The highest BCUT2D eigenvalue weighted by atomic mass is 32.1. The van der Waals surface area contributed by atoms with Crippen molar-refractivity contribution in [3.05, 3.63) is 35.9 Å². The number of aliphatic hydroxyl groups is 1. The van der Waals surface area contributed by atoms with Gasteiger partial charge >= 0.3 is 5.97 Å². The number of amides is 3. The number of thiol groups is 1. The van der Waals surface area contributed by atoms with Crippen molar-refractivity contribution in [3.8, 4) is 0 Å². The van der Waals surface area contributed by atoms with Crippen molar-refractivity contribution >= 4 is 36.3 Å². The summed E-state index contributed by atoms with van der Waals surface area (Å²) in [4.78, 5) is 47.1. The first-order valence-electron chi connectivity index (χ1n) is 8.40. The minimum absolute atomic E-state index is 0.0737. The lowest BCUT2D eigenvalue weighted by Crippen LogP contribution is -2.55. The fraction of sp³-hybridized carbons (Fsp3) is 0.412. The van der Waals surface area contributed by atoms with Crippen LogP contribution in [0.1, 0.15) is 5.56 Å². The Morgan fingerprint density at radius 3 is 2.21 bits per heavy atom. The van der Waals surface area contributed by atoms with Crippen LogP contribution in [0.4, 0.5) is 0 Å². The van der Waals surface area contributed by atoms with E-state index in [9.17, 15) is 24.3 Å². The van der Waals surface area contributed by atoms with E-state index in [2.05, 4.69) is 28.6 Å². The molecule has 7 N–H and O–H groups in total. The molecule has 154 valence electrons. The van der Waals surface area contributed by atoms with Crippen molar-refractivity contribution in [2.45, 2.75) is 24.5 Å². The minimum atomic E-state index is -1.22. The van der Waals surface area contributed by atoms with Crippen LogP contribution in [0.2, 0.25) is 0 Å². The van der Waals surface area contributed by atoms with Gasteiger partial charge in [0.25, 0.3) is 0 Å². The number of nitrogens with one attached hydrogen (secondary N) is 3. The summed E-state index contributed by atoms with van der Waals surface area (Å²) in [5, 5.41) is 25.0. The molecule has 11 heteroatoms. The number of aliphatic hydroxyl groups excluding tert-OH is 1. The van der Waals surface area contributed by atoms with Gasteiger partial charge in [-0.2, -0.15) is 12.6 Å². The Morgan fingerprint density at radius 2 is 1.68 bits per heavy atom. The van der Waals surface area contributed by atoms with Gasteiger partial charge in [0.2, 0.25) is 17.7 Å². The first-order valence-corrected chi connectivity index (χ1v) is 9.03. The first-order chi connectivity index (χ1) is 13.3. The van der Waals surface area contributed by atoms with Crippen molar-refractivity contribution in [2.75, 3.05) is 18.9 Å². The van der Waals surface area contributed by atoms with Crippen LogP contribution in [-0.2, 0) is 25.6 Å². The summed E-state index contributed by atoms with van der Waals surface area (Å²) >= 11 is 4.00. The van der Waals surface area contributed by atoms with Crippen LogP contribution in [0, 0.1) is 0 Å². The van der Waals surface area contributed by atoms with E-state index in [-0.39, 0.29) is 12.2 Å². The Kier molecular flexibility index (Phi) is 9.99. The molecule has 1 rings (SSSR count). The predicted molar refractivity (Wildman–Crippen MR) is 104 cm³/mol. The molecule has 0 fully saturated rings. The molecule has 28 heavy (non-hydrogen) atoms. The number of carboxylic acid groups (broad SMARTS) is 1. The summed E-state index contributed by atoms with van der Waals surface area (Å²) in [5.41, 5.74) is 6.03. The third-order valence-corrected chi connectivity index (χ3v) is 4.05. The number of benzene rings is 1. The van der Waals surface area contributed by atoms with Gasteiger partial charge in [-0.25, -0.2) is 4.79 Å². The van der Waals surface area contributed by atoms with Gasteiger partial charge in [-0.15, -0.1) is 0 Å². The molecule has 3 atom stereocenters. The Labute approximate surface area is 167 Å². The Bertz CT molecular complexity index is 687. The molecule has 3 unspecified atom stereocenters. The van der Waals surface area contributed by atoms with E-state index in [4.69, 9.17) is 10.8 Å². The average Bonchev–Trinajstić information content (AvgIpc) is 2.69. The van der Waals surface area contributed by atoms with Crippen LogP contribution in [0.3, 0.4) is 0 Å². The highest BCUT2D eigenvalue weighted by Crippen LogP contribution is 2.04. The topological polar surface area (TPSA) is 171 Å². The van der Waals surface area contributed by atoms with Gasteiger partial charge in [-0.3, -0.25) is 14.4 Å². The standard InChI is InChI=1S/C17H24N4O6S/c18-11(8-22)15(24)19-7-14(23)20-13(9-28)16(25)21-12(17(26)27)6-10-4-2-1-3-5-10/h1-5,11-13,22,28H,6-9,18H2,(H,19,24)(H,20,23)(H,21,25)(H,26,27). The van der Waals surface area contributed by atoms with E-state index in [0.29, 0.717) is 0 Å². The molecule has 0 aliphatic carbocycles. The fourth-order valence-corrected chi connectivity index (χ4v) is 2.40. The van der Waals surface area contributed by atoms with Crippen molar-refractivity contribution in [1.82, 2.24) is 16.0 Å². The van der Waals surface area contributed by atoms with E-state index in [0.717, 1.165) is 5.56 Å². The van der Waals surface area contributed by atoms with Crippen molar-refractivity contribution in [2.24, 2.45) is 5.73 Å². The van der Waals surface area contributed by atoms with Crippen molar-refractivity contribution in [3.63, 3.8) is 0 Å². The maximum absolute atomic E-state index is 12.3. The molecule has 10 nitrogen and oxygen atoms in total. The number of hydrogen-bond donors (Lipinski definition) is 7. The lowest BCUT2D eigenvalue weighted by atomic mass is 10.1. The maximum atomic E-state index is 12.3. The zero-order chi connectivity index (χ0) is 21.1. The van der Waals surface area contributed by atoms with Gasteiger partial charge in [0.15, 0.2) is 0 Å². The summed E-state index contributed by atoms with van der Waals surface area (Å²) in [6, 6.07) is 5.32. The Hall–Kier alpha value is -2.63. The SMILES string of the molecule is NC(CO)C(=O)NCC(=O)NC(CS)C(=O)NC(Cc1ccccc1)C(=O)O. The van der Waals surface area contributed by atoms with Crippen LogP contribution in [0.25, 0.3) is 0 Å². The van der Waals surface area contributed by atoms with Gasteiger partial charge in [0, 0.05) is 12.2 Å². The molecule has 0 saturated heterocycles. The molecule has 0 aliphatic heterocycles. The highest BCUT2D eigenvalue weighted by Gasteiger charge is 2.26. The smallest absolute Gasteiger partial charge is 0.326 e. The van der Waals surface area contributed by atoms with Crippen LogP contribution in [0.15, 0.2) is 30.3 Å². The lowest BCUT2D eigenvalue weighted by molar-refractivity contribution is -0.142. The van der Waals surface area contributed by atoms with Crippen molar-refractivity contribution in [1.29, 1.82) is 0 Å². The minimum Gasteiger partial charge on any atom is -0.480 e. The van der Waals surface area contributed by atoms with Gasteiger partial charge < -0.3 is 31.9 Å². The molecule has 0 bridgehead atoms. The Balaban J connectivity index is 2.61. The monoisotopic (exact) mass is 412 g/mol. The van der Waals surface area contributed by atoms with E-state index >= 15 is 0 Å². The van der Waals surface area contributed by atoms with Crippen LogP contribution < -0.4 is 21.7 Å². The number of aliphatic carboxylic acids is 1. The third kappa shape index (κ3) is 7.94. The summed E-state index contributed by atoms with van der Waals surface area (Å²) in [7, 11) is 0. The first kappa shape index (κ1) is 23.4. The van der Waals surface area contributed by atoms with E-state index in [1.54, 1.807) is 30.3 Å². The van der Waals surface area contributed by atoms with E-state index in [1.807, 2.05) is 0 Å². The van der Waals surface area contributed by atoms with Gasteiger partial charge in [-0.1, -0.05) is 30.3 Å². The second kappa shape index (κ2) is 12.0. The normalized spacial score (nSPS) is 13.7. The molecule has 0 spiro atoms. The molecular weight excluding hydrogens is 388 g/mol. The molecule has 0 aliphatic rings. The summed E-state index contributed by atoms with van der Waals surface area (Å²) in [5.74, 6) is -3.43. The van der Waals surface area contributed by atoms with Crippen LogP contribution >= 0.6 is 12.6 Å². The van der Waals surface area contributed by atoms with E-state index < -0.39 is 55.0 Å². The third-order valence-electron chi connectivity index (χ3n) is 3.69. The second-order valence-corrected chi connectivity index (χ2v) is 6.26. The van der Waals surface area contributed by atoms with Gasteiger partial charge in [-0.05, 0) is 5.56 Å². The Morgan fingerprint density at radius 1 is 1.04 bits per heavy atom. The number of rotatable bonds is 11. The fourth-order valence-electron chi connectivity index (χ4n) is 2.14. The molecule has 0 aromatic heterocycles. The molecule has 0 heterocycles. The largest absolute Gasteiger partial charge is 0.480 e. The number of carbonyl (C=O) groups is 4. The molecule has 1 aromatic carbocycles.